The minimum absolute atomic E-state index is 0.309. The number of anilines is 1. The number of benzene rings is 2. The van der Waals surface area contributed by atoms with Gasteiger partial charge in [0.05, 0.1) is 0 Å². The number of carbonyl (C=O) groups is 1. The van der Waals surface area contributed by atoms with Crippen LogP contribution >= 0.6 is 0 Å². The molecule has 6 N–H and O–H groups in total. The monoisotopic (exact) mass is 335 g/mol. The fraction of sp³-hybridized carbons (Fsp3) is 0.312. The van der Waals surface area contributed by atoms with E-state index in [1.807, 2.05) is 0 Å². The summed E-state index contributed by atoms with van der Waals surface area (Å²) >= 11 is 0. The van der Waals surface area contributed by atoms with Crippen molar-refractivity contribution in [1.82, 2.24) is 0 Å². The highest BCUT2D eigenvalue weighted by Crippen LogP contribution is 2.27. The summed E-state index contributed by atoms with van der Waals surface area (Å²) in [6.45, 7) is 0. The lowest BCUT2D eigenvalue weighted by molar-refractivity contribution is -0.271. The van der Waals surface area contributed by atoms with Gasteiger partial charge >= 0.3 is 5.97 Å². The molecule has 3 rings (SSSR count). The lowest BCUT2D eigenvalue weighted by Crippen LogP contribution is -2.61. The number of fused-ring (bicyclic) bond motifs is 1. The molecule has 2 aromatic carbocycles. The smallest absolute Gasteiger partial charge is 0.335 e. The van der Waals surface area contributed by atoms with Crippen LogP contribution < -0.4 is 10.5 Å². The number of nitrogen functional groups attached to an aromatic ring is 1. The van der Waals surface area contributed by atoms with Gasteiger partial charge in [-0.3, -0.25) is 0 Å². The van der Waals surface area contributed by atoms with Crippen molar-refractivity contribution in [1.29, 1.82) is 0 Å². The van der Waals surface area contributed by atoms with E-state index >= 15 is 0 Å². The molecule has 8 heteroatoms. The SMILES string of the molecule is Nc1ccc2cc(O[C@@H]3O[C@H](C(=O)O)[C@@H](O)[C@H](O)[C@H]3O)ccc2c1. The van der Waals surface area contributed by atoms with Gasteiger partial charge in [-0.1, -0.05) is 12.1 Å². The van der Waals surface area contributed by atoms with Gasteiger partial charge in [-0.2, -0.15) is 0 Å². The maximum atomic E-state index is 11.1. The van der Waals surface area contributed by atoms with Crippen LogP contribution in [-0.2, 0) is 9.53 Å². The highest BCUT2D eigenvalue weighted by molar-refractivity contribution is 5.86. The summed E-state index contributed by atoms with van der Waals surface area (Å²) in [6, 6.07) is 10.3. The lowest BCUT2D eigenvalue weighted by atomic mass is 9.99. The van der Waals surface area contributed by atoms with E-state index < -0.39 is 36.7 Å². The van der Waals surface area contributed by atoms with E-state index in [0.717, 1.165) is 10.8 Å². The molecule has 0 saturated carbocycles. The average Bonchev–Trinajstić information content (AvgIpc) is 2.55. The fourth-order valence-electron chi connectivity index (χ4n) is 2.60. The largest absolute Gasteiger partial charge is 0.479 e. The van der Waals surface area contributed by atoms with Crippen molar-refractivity contribution in [3.05, 3.63) is 36.4 Å². The first-order valence-corrected chi connectivity index (χ1v) is 7.25. The van der Waals surface area contributed by atoms with E-state index in [1.54, 1.807) is 36.4 Å². The van der Waals surface area contributed by atoms with Crippen molar-refractivity contribution in [2.75, 3.05) is 5.73 Å². The third-order valence-electron chi connectivity index (χ3n) is 3.90. The summed E-state index contributed by atoms with van der Waals surface area (Å²) in [5.41, 5.74) is 6.32. The fourth-order valence-corrected chi connectivity index (χ4v) is 2.60. The van der Waals surface area contributed by atoms with Crippen molar-refractivity contribution in [2.24, 2.45) is 0 Å². The first-order chi connectivity index (χ1) is 11.4. The summed E-state index contributed by atoms with van der Waals surface area (Å²) in [7, 11) is 0. The number of aliphatic hydroxyl groups is 3. The van der Waals surface area contributed by atoms with Gasteiger partial charge in [-0.15, -0.1) is 0 Å². The second kappa shape index (κ2) is 6.25. The Morgan fingerprint density at radius 1 is 1.00 bits per heavy atom. The van der Waals surface area contributed by atoms with Crippen LogP contribution in [0.2, 0.25) is 0 Å². The molecule has 0 spiro atoms. The molecule has 1 aliphatic rings. The molecular weight excluding hydrogens is 318 g/mol. The zero-order chi connectivity index (χ0) is 17.4. The molecule has 0 aliphatic carbocycles. The van der Waals surface area contributed by atoms with Gasteiger partial charge in [-0.25, -0.2) is 4.79 Å². The Balaban J connectivity index is 1.83. The molecule has 5 atom stereocenters. The highest BCUT2D eigenvalue weighted by Gasteiger charge is 2.48. The van der Waals surface area contributed by atoms with Crippen LogP contribution in [0, 0.1) is 0 Å². The molecule has 8 nitrogen and oxygen atoms in total. The number of rotatable bonds is 3. The summed E-state index contributed by atoms with van der Waals surface area (Å²) in [5.74, 6) is -1.15. The predicted octanol–water partition coefficient (Wildman–Crippen LogP) is -0.307. The Kier molecular flexibility index (Phi) is 4.29. The second-order valence-corrected chi connectivity index (χ2v) is 5.62. The van der Waals surface area contributed by atoms with E-state index in [9.17, 15) is 20.1 Å². The number of ether oxygens (including phenoxy) is 2. The number of aliphatic hydroxyl groups excluding tert-OH is 3. The Bertz CT molecular complexity index is 765. The zero-order valence-corrected chi connectivity index (χ0v) is 12.4. The molecule has 128 valence electrons. The molecule has 0 unspecified atom stereocenters. The third-order valence-corrected chi connectivity index (χ3v) is 3.90. The van der Waals surface area contributed by atoms with Gasteiger partial charge in [-0.05, 0) is 35.0 Å². The molecule has 2 aromatic rings. The standard InChI is InChI=1S/C16H17NO7/c17-9-3-1-8-6-10(4-2-7(8)5-9)23-16-13(20)11(18)12(19)14(24-16)15(21)22/h1-6,11-14,16,18-20H,17H2,(H,21,22)/t11-,12-,13+,14-,16+/m0/s1. The van der Waals surface area contributed by atoms with Crippen molar-refractivity contribution in [3.8, 4) is 5.75 Å². The normalized spacial score (nSPS) is 30.2. The van der Waals surface area contributed by atoms with E-state index in [0.29, 0.717) is 11.4 Å². The molecule has 0 aromatic heterocycles. The topological polar surface area (TPSA) is 142 Å². The van der Waals surface area contributed by atoms with Crippen LogP contribution in [0.25, 0.3) is 10.8 Å². The van der Waals surface area contributed by atoms with Crippen LogP contribution in [0.1, 0.15) is 0 Å². The van der Waals surface area contributed by atoms with Gasteiger partial charge < -0.3 is 35.6 Å². The third kappa shape index (κ3) is 3.00. The van der Waals surface area contributed by atoms with Crippen LogP contribution in [0.3, 0.4) is 0 Å². The van der Waals surface area contributed by atoms with E-state index in [-0.39, 0.29) is 0 Å². The average molecular weight is 335 g/mol. The van der Waals surface area contributed by atoms with Crippen LogP contribution in [0.4, 0.5) is 5.69 Å². The molecular formula is C16H17NO7. The zero-order valence-electron chi connectivity index (χ0n) is 12.4. The van der Waals surface area contributed by atoms with Crippen molar-refractivity contribution >= 4 is 22.4 Å². The quantitative estimate of drug-likeness (QED) is 0.481. The summed E-state index contributed by atoms with van der Waals surface area (Å²) in [5, 5.41) is 40.1. The van der Waals surface area contributed by atoms with Crippen molar-refractivity contribution < 1.29 is 34.7 Å². The van der Waals surface area contributed by atoms with Crippen LogP contribution in [-0.4, -0.2) is 57.1 Å². The van der Waals surface area contributed by atoms with Gasteiger partial charge in [0.25, 0.3) is 0 Å². The first-order valence-electron chi connectivity index (χ1n) is 7.25. The Hall–Kier alpha value is -2.39. The Labute approximate surface area is 136 Å². The van der Waals surface area contributed by atoms with Crippen LogP contribution in [0.15, 0.2) is 36.4 Å². The van der Waals surface area contributed by atoms with Crippen molar-refractivity contribution in [3.63, 3.8) is 0 Å². The summed E-state index contributed by atoms with van der Waals surface area (Å²) in [4.78, 5) is 11.1. The first kappa shape index (κ1) is 16.5. The Morgan fingerprint density at radius 3 is 2.38 bits per heavy atom. The molecule has 1 fully saturated rings. The molecule has 1 saturated heterocycles. The molecule has 0 bridgehead atoms. The highest BCUT2D eigenvalue weighted by atomic mass is 16.7. The second-order valence-electron chi connectivity index (χ2n) is 5.62. The lowest BCUT2D eigenvalue weighted by Gasteiger charge is -2.38. The van der Waals surface area contributed by atoms with Gasteiger partial charge in [0.1, 0.15) is 24.1 Å². The number of hydrogen-bond acceptors (Lipinski definition) is 7. The molecule has 1 heterocycles. The molecule has 1 aliphatic heterocycles. The summed E-state index contributed by atoms with van der Waals surface area (Å²) in [6.07, 6.45) is -8.19. The van der Waals surface area contributed by atoms with Crippen LogP contribution in [0.5, 0.6) is 5.75 Å². The maximum absolute atomic E-state index is 11.1. The molecule has 0 amide bonds. The Morgan fingerprint density at radius 2 is 1.67 bits per heavy atom. The number of aliphatic carboxylic acids is 1. The van der Waals surface area contributed by atoms with Gasteiger partial charge in [0.15, 0.2) is 6.10 Å². The number of hydrogen-bond donors (Lipinski definition) is 5. The molecule has 0 radical (unpaired) electrons. The summed E-state index contributed by atoms with van der Waals surface area (Å²) < 4.78 is 10.5. The minimum atomic E-state index is -1.75. The molecule has 24 heavy (non-hydrogen) atoms. The number of nitrogens with two attached hydrogens (primary N) is 1. The number of carboxylic acid groups (broad SMARTS) is 1. The number of carboxylic acids is 1. The van der Waals surface area contributed by atoms with Gasteiger partial charge in [0, 0.05) is 5.69 Å². The van der Waals surface area contributed by atoms with E-state index in [4.69, 9.17) is 20.3 Å². The van der Waals surface area contributed by atoms with E-state index in [1.165, 1.54) is 0 Å². The minimum Gasteiger partial charge on any atom is -0.479 e. The maximum Gasteiger partial charge on any atom is 0.335 e. The van der Waals surface area contributed by atoms with Crippen molar-refractivity contribution in [2.45, 2.75) is 30.7 Å². The van der Waals surface area contributed by atoms with Gasteiger partial charge in [0.2, 0.25) is 6.29 Å². The predicted molar refractivity (Wildman–Crippen MR) is 83.3 cm³/mol. The van der Waals surface area contributed by atoms with E-state index in [2.05, 4.69) is 0 Å².